The summed E-state index contributed by atoms with van der Waals surface area (Å²) in [5.74, 6) is 0.188. The Morgan fingerprint density at radius 2 is 0.472 bits per heavy atom. The molecule has 0 radical (unpaired) electrons. The SMILES string of the molecule is CC(C)(c1ccccc1)c1ccc([O-])cc1.CC(C)(c1ccccc1)c1ccc([O-])cc1.CC(C)(c1ccccc1)c1ccc([O-])cc1.CC(C)[O-].[Ti+4]. The third kappa shape index (κ3) is 13.4. The van der Waals surface area contributed by atoms with Crippen LogP contribution in [0.2, 0.25) is 0 Å². The van der Waals surface area contributed by atoms with E-state index >= 15 is 0 Å². The molecular formula is C48H52O4Ti. The van der Waals surface area contributed by atoms with Gasteiger partial charge >= 0.3 is 21.7 Å². The summed E-state index contributed by atoms with van der Waals surface area (Å²) in [6, 6.07) is 52.2. The van der Waals surface area contributed by atoms with Gasteiger partial charge in [-0.3, -0.25) is 0 Å². The van der Waals surface area contributed by atoms with E-state index in [1.807, 2.05) is 91.0 Å². The third-order valence-electron chi connectivity index (χ3n) is 9.21. The van der Waals surface area contributed by atoms with Gasteiger partial charge in [0.15, 0.2) is 0 Å². The summed E-state index contributed by atoms with van der Waals surface area (Å²) in [7, 11) is 0. The maximum Gasteiger partial charge on any atom is 4.00 e. The quantitative estimate of drug-likeness (QED) is 0.160. The van der Waals surface area contributed by atoms with Crippen molar-refractivity contribution in [2.45, 2.75) is 77.7 Å². The van der Waals surface area contributed by atoms with Gasteiger partial charge in [0.1, 0.15) is 0 Å². The van der Waals surface area contributed by atoms with Crippen LogP contribution in [0.15, 0.2) is 164 Å². The van der Waals surface area contributed by atoms with E-state index in [0.717, 1.165) is 0 Å². The van der Waals surface area contributed by atoms with Crippen molar-refractivity contribution in [3.63, 3.8) is 0 Å². The standard InChI is InChI=1S/3C15H16O.C3H7O.Ti/c3*1-15(2,12-6-4-3-5-7-12)13-8-10-14(16)11-9-13;1-3(2)4;/h3*3-11,16H,1-2H3;3H,1-2H3;/q;;;-1;+4/p-3. The van der Waals surface area contributed by atoms with Gasteiger partial charge in [-0.25, -0.2) is 0 Å². The zero-order valence-electron chi connectivity index (χ0n) is 32.3. The van der Waals surface area contributed by atoms with Crippen LogP contribution in [0.4, 0.5) is 0 Å². The van der Waals surface area contributed by atoms with Crippen molar-refractivity contribution in [1.82, 2.24) is 0 Å². The van der Waals surface area contributed by atoms with Gasteiger partial charge in [0.05, 0.1) is 0 Å². The molecule has 0 fully saturated rings. The largest absolute Gasteiger partial charge is 4.00 e. The number of hydrogen-bond acceptors (Lipinski definition) is 4. The number of rotatable bonds is 6. The minimum Gasteiger partial charge on any atom is -0.872 e. The second-order valence-corrected chi connectivity index (χ2v) is 14.6. The summed E-state index contributed by atoms with van der Waals surface area (Å²) in [6.07, 6.45) is -0.417. The molecule has 53 heavy (non-hydrogen) atoms. The molecule has 0 atom stereocenters. The molecule has 0 bridgehead atoms. The van der Waals surface area contributed by atoms with Gasteiger partial charge in [-0.05, 0) is 33.4 Å². The van der Waals surface area contributed by atoms with E-state index in [0.29, 0.717) is 0 Å². The maximum atomic E-state index is 11.1. The van der Waals surface area contributed by atoms with E-state index < -0.39 is 6.10 Å². The zero-order valence-corrected chi connectivity index (χ0v) is 33.9. The molecule has 5 heteroatoms. The minimum atomic E-state index is -0.417. The first-order chi connectivity index (χ1) is 24.5. The molecule has 0 saturated heterocycles. The molecule has 6 aromatic rings. The fourth-order valence-corrected chi connectivity index (χ4v) is 5.68. The fourth-order valence-electron chi connectivity index (χ4n) is 5.68. The van der Waals surface area contributed by atoms with E-state index in [1.165, 1.54) is 33.4 Å². The molecule has 0 aliphatic carbocycles. The van der Waals surface area contributed by atoms with Crippen LogP contribution in [0.25, 0.3) is 0 Å². The van der Waals surface area contributed by atoms with Gasteiger partial charge < -0.3 is 20.4 Å². The van der Waals surface area contributed by atoms with Crippen LogP contribution in [0, 0.1) is 0 Å². The van der Waals surface area contributed by atoms with E-state index in [2.05, 4.69) is 77.9 Å². The van der Waals surface area contributed by atoms with Gasteiger partial charge in [0.25, 0.3) is 0 Å². The van der Waals surface area contributed by atoms with Crippen molar-refractivity contribution in [2.75, 3.05) is 0 Å². The molecule has 0 saturated carbocycles. The van der Waals surface area contributed by atoms with Crippen molar-refractivity contribution in [3.8, 4) is 17.2 Å². The minimum absolute atomic E-state index is 0. The summed E-state index contributed by atoms with van der Waals surface area (Å²) in [5, 5.41) is 42.8. The summed E-state index contributed by atoms with van der Waals surface area (Å²) in [6.45, 7) is 16.2. The molecule has 0 spiro atoms. The second kappa shape index (κ2) is 20.6. The molecule has 0 amide bonds. The van der Waals surface area contributed by atoms with Crippen molar-refractivity contribution < 1.29 is 42.1 Å². The first-order valence-electron chi connectivity index (χ1n) is 17.7. The summed E-state index contributed by atoms with van der Waals surface area (Å²) < 4.78 is 0. The molecule has 272 valence electrons. The molecule has 0 aliphatic rings. The van der Waals surface area contributed by atoms with E-state index in [1.54, 1.807) is 50.2 Å². The van der Waals surface area contributed by atoms with Crippen LogP contribution in [-0.2, 0) is 38.0 Å². The Bertz CT molecular complexity index is 1640. The smallest absolute Gasteiger partial charge is 0.872 e. The average molecular weight is 741 g/mol. The van der Waals surface area contributed by atoms with Gasteiger partial charge in [-0.15, -0.1) is 23.4 Å². The molecule has 6 rings (SSSR count). The Hall–Kier alpha value is -4.61. The molecular weight excluding hydrogens is 688 g/mol. The molecule has 0 aromatic heterocycles. The monoisotopic (exact) mass is 740 g/mol. The summed E-state index contributed by atoms with van der Waals surface area (Å²) in [4.78, 5) is 0. The van der Waals surface area contributed by atoms with E-state index in [9.17, 15) is 20.4 Å². The Morgan fingerprint density at radius 1 is 0.321 bits per heavy atom. The Labute approximate surface area is 332 Å². The van der Waals surface area contributed by atoms with E-state index in [-0.39, 0.29) is 55.2 Å². The van der Waals surface area contributed by atoms with E-state index in [4.69, 9.17) is 0 Å². The zero-order chi connectivity index (χ0) is 38.4. The van der Waals surface area contributed by atoms with Crippen LogP contribution in [0.5, 0.6) is 17.2 Å². The topological polar surface area (TPSA) is 92.2 Å². The van der Waals surface area contributed by atoms with Crippen LogP contribution in [0.1, 0.15) is 88.8 Å². The van der Waals surface area contributed by atoms with Gasteiger partial charge in [-0.1, -0.05) is 219 Å². The molecule has 0 N–H and O–H groups in total. The number of hydrogen-bond donors (Lipinski definition) is 0. The fraction of sp³-hybridized carbons (Fsp3) is 0.250. The third-order valence-corrected chi connectivity index (χ3v) is 9.21. The maximum absolute atomic E-state index is 11.1. The predicted octanol–water partition coefficient (Wildman–Crippen LogP) is 9.01. The second-order valence-electron chi connectivity index (χ2n) is 14.6. The summed E-state index contributed by atoms with van der Waals surface area (Å²) >= 11 is 0. The average Bonchev–Trinajstić information content (AvgIpc) is 3.14. The first kappa shape index (κ1) is 44.6. The van der Waals surface area contributed by atoms with Crippen LogP contribution in [-0.4, -0.2) is 6.10 Å². The normalized spacial score (nSPS) is 11.0. The Kier molecular flexibility index (Phi) is 17.3. The van der Waals surface area contributed by atoms with Gasteiger partial charge in [-0.2, -0.15) is 0 Å². The summed E-state index contributed by atoms with van der Waals surface area (Å²) in [5.41, 5.74) is 7.09. The molecule has 4 nitrogen and oxygen atoms in total. The van der Waals surface area contributed by atoms with Crippen molar-refractivity contribution >= 4 is 0 Å². The molecule has 0 unspecified atom stereocenters. The van der Waals surface area contributed by atoms with Crippen LogP contribution < -0.4 is 20.4 Å². The van der Waals surface area contributed by atoms with Crippen LogP contribution in [0.3, 0.4) is 0 Å². The predicted molar refractivity (Wildman–Crippen MR) is 209 cm³/mol. The molecule has 6 aromatic carbocycles. The first-order valence-corrected chi connectivity index (χ1v) is 17.7. The molecule has 0 heterocycles. The van der Waals surface area contributed by atoms with Crippen molar-refractivity contribution in [3.05, 3.63) is 197 Å². The molecule has 0 aliphatic heterocycles. The van der Waals surface area contributed by atoms with Crippen molar-refractivity contribution in [2.24, 2.45) is 0 Å². The number of benzene rings is 6. The Balaban J connectivity index is 0.000000259. The Morgan fingerprint density at radius 3 is 0.642 bits per heavy atom. The van der Waals surface area contributed by atoms with Gasteiger partial charge in [0, 0.05) is 16.2 Å². The van der Waals surface area contributed by atoms with Crippen molar-refractivity contribution in [1.29, 1.82) is 0 Å². The van der Waals surface area contributed by atoms with Gasteiger partial charge in [0.2, 0.25) is 0 Å². The van der Waals surface area contributed by atoms with Crippen LogP contribution >= 0.6 is 0 Å².